The van der Waals surface area contributed by atoms with Gasteiger partial charge in [-0.25, -0.2) is 0 Å². The van der Waals surface area contributed by atoms with Gasteiger partial charge in [0, 0.05) is 32.0 Å². The van der Waals surface area contributed by atoms with Crippen molar-refractivity contribution >= 4 is 11.8 Å². The number of hydrogen-bond acceptors (Lipinski definition) is 3. The summed E-state index contributed by atoms with van der Waals surface area (Å²) >= 11 is 0. The first-order valence-electron chi connectivity index (χ1n) is 8.64. The van der Waals surface area contributed by atoms with Crippen molar-refractivity contribution in [1.29, 1.82) is 0 Å². The van der Waals surface area contributed by atoms with Crippen molar-refractivity contribution in [3.63, 3.8) is 0 Å². The van der Waals surface area contributed by atoms with Gasteiger partial charge in [-0.1, -0.05) is 26.7 Å². The van der Waals surface area contributed by atoms with Crippen molar-refractivity contribution in [2.24, 2.45) is 5.92 Å². The van der Waals surface area contributed by atoms with Crippen molar-refractivity contribution in [1.82, 2.24) is 15.2 Å². The minimum Gasteiger partial charge on any atom is -0.352 e. The van der Waals surface area contributed by atoms with Crippen LogP contribution in [0, 0.1) is 5.92 Å². The predicted octanol–water partition coefficient (Wildman–Crippen LogP) is 2.87. The number of amides is 2. The van der Waals surface area contributed by atoms with Crippen LogP contribution in [-0.4, -0.2) is 41.3 Å². The van der Waals surface area contributed by atoms with Crippen molar-refractivity contribution in [2.75, 3.05) is 19.6 Å². The second kappa shape index (κ2) is 8.65. The first-order valence-corrected chi connectivity index (χ1v) is 8.64. The third-order valence-corrected chi connectivity index (χ3v) is 4.38. The molecule has 2 amide bonds. The molecule has 5 heteroatoms. The van der Waals surface area contributed by atoms with E-state index >= 15 is 0 Å². The Morgan fingerprint density at radius 2 is 1.91 bits per heavy atom. The number of unbranched alkanes of at least 4 members (excludes halogenated alkanes) is 2. The highest BCUT2D eigenvalue weighted by atomic mass is 16.2. The van der Waals surface area contributed by atoms with Crippen molar-refractivity contribution in [3.05, 3.63) is 29.6 Å². The smallest absolute Gasteiger partial charge is 0.255 e. The van der Waals surface area contributed by atoms with E-state index in [1.165, 1.54) is 6.20 Å². The summed E-state index contributed by atoms with van der Waals surface area (Å²) in [5, 5.41) is 2.88. The minimum atomic E-state index is -0.157. The highest BCUT2D eigenvalue weighted by molar-refractivity contribution is 5.99. The lowest BCUT2D eigenvalue weighted by atomic mass is 9.98. The minimum absolute atomic E-state index is 0.0231. The van der Waals surface area contributed by atoms with E-state index in [2.05, 4.69) is 24.1 Å². The molecule has 1 saturated heterocycles. The van der Waals surface area contributed by atoms with Gasteiger partial charge in [-0.15, -0.1) is 0 Å². The summed E-state index contributed by atoms with van der Waals surface area (Å²) in [7, 11) is 0. The molecule has 0 bridgehead atoms. The monoisotopic (exact) mass is 317 g/mol. The lowest BCUT2D eigenvalue weighted by Crippen LogP contribution is -2.38. The zero-order valence-corrected chi connectivity index (χ0v) is 14.2. The van der Waals surface area contributed by atoms with E-state index in [-0.39, 0.29) is 11.8 Å². The van der Waals surface area contributed by atoms with Gasteiger partial charge in [0.15, 0.2) is 0 Å². The molecule has 0 aliphatic carbocycles. The largest absolute Gasteiger partial charge is 0.352 e. The van der Waals surface area contributed by atoms with E-state index in [0.29, 0.717) is 23.6 Å². The van der Waals surface area contributed by atoms with E-state index in [9.17, 15) is 9.59 Å². The third-order valence-electron chi connectivity index (χ3n) is 4.38. The Bertz CT molecular complexity index is 537. The van der Waals surface area contributed by atoms with E-state index in [1.807, 2.05) is 4.90 Å². The molecular weight excluding hydrogens is 290 g/mol. The second-order valence-electron chi connectivity index (χ2n) is 6.40. The molecule has 0 aromatic carbocycles. The van der Waals surface area contributed by atoms with Gasteiger partial charge in [-0.2, -0.15) is 0 Å². The lowest BCUT2D eigenvalue weighted by molar-refractivity contribution is 0.0697. The molecule has 126 valence electrons. The quantitative estimate of drug-likeness (QED) is 0.821. The fraction of sp³-hybridized carbons (Fsp3) is 0.611. The second-order valence-corrected chi connectivity index (χ2v) is 6.40. The molecular formula is C18H27N3O2. The SMILES string of the molecule is CCCCCNC(=O)c1cncc(C(=O)N2CCC(C)CC2)c1. The summed E-state index contributed by atoms with van der Waals surface area (Å²) in [6.45, 7) is 6.57. The van der Waals surface area contributed by atoms with Crippen LogP contribution < -0.4 is 5.32 Å². The number of hydrogen-bond donors (Lipinski definition) is 1. The average molecular weight is 317 g/mol. The fourth-order valence-corrected chi connectivity index (χ4v) is 2.75. The molecule has 2 rings (SSSR count). The molecule has 1 fully saturated rings. The molecule has 1 N–H and O–H groups in total. The summed E-state index contributed by atoms with van der Waals surface area (Å²) in [6.07, 6.45) is 8.34. The number of pyridine rings is 1. The maximum atomic E-state index is 12.5. The maximum absolute atomic E-state index is 12.5. The van der Waals surface area contributed by atoms with Crippen LogP contribution in [0.15, 0.2) is 18.5 Å². The number of aromatic nitrogens is 1. The van der Waals surface area contributed by atoms with Crippen LogP contribution >= 0.6 is 0 Å². The van der Waals surface area contributed by atoms with Crippen LogP contribution in [0.1, 0.15) is 66.7 Å². The van der Waals surface area contributed by atoms with Gasteiger partial charge in [0.25, 0.3) is 11.8 Å². The number of piperidine rings is 1. The topological polar surface area (TPSA) is 62.3 Å². The van der Waals surface area contributed by atoms with E-state index in [4.69, 9.17) is 0 Å². The molecule has 1 aromatic heterocycles. The van der Waals surface area contributed by atoms with Crippen LogP contribution in [0.3, 0.4) is 0 Å². The number of likely N-dealkylation sites (tertiary alicyclic amines) is 1. The highest BCUT2D eigenvalue weighted by Gasteiger charge is 2.22. The van der Waals surface area contributed by atoms with Crippen LogP contribution in [0.2, 0.25) is 0 Å². The first kappa shape index (κ1) is 17.4. The van der Waals surface area contributed by atoms with E-state index in [0.717, 1.165) is 45.2 Å². The summed E-state index contributed by atoms with van der Waals surface area (Å²) in [5.41, 5.74) is 0.957. The number of rotatable bonds is 6. The molecule has 2 heterocycles. The van der Waals surface area contributed by atoms with Crippen LogP contribution in [-0.2, 0) is 0 Å². The van der Waals surface area contributed by atoms with Crippen LogP contribution in [0.4, 0.5) is 0 Å². The highest BCUT2D eigenvalue weighted by Crippen LogP contribution is 2.18. The summed E-state index contributed by atoms with van der Waals surface area (Å²) in [4.78, 5) is 30.6. The molecule has 1 aliphatic rings. The Morgan fingerprint density at radius 3 is 2.61 bits per heavy atom. The number of nitrogens with one attached hydrogen (secondary N) is 1. The Balaban J connectivity index is 1.96. The Labute approximate surface area is 138 Å². The van der Waals surface area contributed by atoms with E-state index < -0.39 is 0 Å². The zero-order chi connectivity index (χ0) is 16.7. The molecule has 0 spiro atoms. The molecule has 1 aliphatic heterocycles. The zero-order valence-electron chi connectivity index (χ0n) is 14.2. The number of nitrogens with zero attached hydrogens (tertiary/aromatic N) is 2. The normalized spacial score (nSPS) is 15.5. The van der Waals surface area contributed by atoms with Gasteiger partial charge in [0.2, 0.25) is 0 Å². The average Bonchev–Trinajstić information content (AvgIpc) is 2.59. The Hall–Kier alpha value is -1.91. The molecule has 23 heavy (non-hydrogen) atoms. The van der Waals surface area contributed by atoms with Crippen molar-refractivity contribution in [2.45, 2.75) is 46.0 Å². The molecule has 1 aromatic rings. The van der Waals surface area contributed by atoms with Gasteiger partial charge in [0.1, 0.15) is 0 Å². The Morgan fingerprint density at radius 1 is 1.22 bits per heavy atom. The first-order chi connectivity index (χ1) is 11.1. The van der Waals surface area contributed by atoms with Crippen molar-refractivity contribution < 1.29 is 9.59 Å². The van der Waals surface area contributed by atoms with Gasteiger partial charge >= 0.3 is 0 Å². The van der Waals surface area contributed by atoms with E-state index in [1.54, 1.807) is 12.3 Å². The molecule has 0 unspecified atom stereocenters. The van der Waals surface area contributed by atoms with Crippen LogP contribution in [0.5, 0.6) is 0 Å². The fourth-order valence-electron chi connectivity index (χ4n) is 2.75. The van der Waals surface area contributed by atoms with Crippen molar-refractivity contribution in [3.8, 4) is 0 Å². The molecule has 5 nitrogen and oxygen atoms in total. The molecule has 0 atom stereocenters. The van der Waals surface area contributed by atoms with Gasteiger partial charge in [0.05, 0.1) is 11.1 Å². The number of carbonyl (C=O) groups is 2. The van der Waals surface area contributed by atoms with Gasteiger partial charge < -0.3 is 10.2 Å². The van der Waals surface area contributed by atoms with Crippen LogP contribution in [0.25, 0.3) is 0 Å². The summed E-state index contributed by atoms with van der Waals surface area (Å²) in [6, 6.07) is 1.66. The lowest BCUT2D eigenvalue weighted by Gasteiger charge is -2.30. The number of carbonyl (C=O) groups excluding carboxylic acids is 2. The molecule has 0 radical (unpaired) electrons. The Kier molecular flexibility index (Phi) is 6.56. The maximum Gasteiger partial charge on any atom is 0.255 e. The standard InChI is InChI=1S/C18H27N3O2/c1-3-4-5-8-20-17(22)15-11-16(13-19-12-15)18(23)21-9-6-14(2)7-10-21/h11-14H,3-10H2,1-2H3,(H,20,22). The predicted molar refractivity (Wildman–Crippen MR) is 90.4 cm³/mol. The van der Waals surface area contributed by atoms with Gasteiger partial charge in [-0.05, 0) is 31.2 Å². The molecule has 0 saturated carbocycles. The summed E-state index contributed by atoms with van der Waals surface area (Å²) < 4.78 is 0. The summed E-state index contributed by atoms with van der Waals surface area (Å²) in [5.74, 6) is 0.498. The third kappa shape index (κ3) is 5.05. The van der Waals surface area contributed by atoms with Gasteiger partial charge in [-0.3, -0.25) is 14.6 Å².